The van der Waals surface area contributed by atoms with Crippen LogP contribution in [0.1, 0.15) is 36.0 Å². The lowest BCUT2D eigenvalue weighted by atomic mass is 9.67. The molecule has 1 amide bonds. The third kappa shape index (κ3) is 2.53. The van der Waals surface area contributed by atoms with Gasteiger partial charge in [-0.1, -0.05) is 12.5 Å². The van der Waals surface area contributed by atoms with Gasteiger partial charge in [-0.3, -0.25) is 4.79 Å². The molecule has 1 aliphatic rings. The van der Waals surface area contributed by atoms with Crippen LogP contribution in [0.3, 0.4) is 0 Å². The molecule has 0 atom stereocenters. The third-order valence-electron chi connectivity index (χ3n) is 3.66. The number of ether oxygens (including phenoxy) is 1. The van der Waals surface area contributed by atoms with Crippen molar-refractivity contribution in [1.29, 1.82) is 0 Å². The molecule has 0 unspecified atom stereocenters. The lowest BCUT2D eigenvalue weighted by Crippen LogP contribution is -2.29. The van der Waals surface area contributed by atoms with Crippen molar-refractivity contribution in [3.63, 3.8) is 0 Å². The van der Waals surface area contributed by atoms with Crippen LogP contribution in [0.5, 0.6) is 5.88 Å². The zero-order valence-electron chi connectivity index (χ0n) is 10.4. The number of hydrogen-bond acceptors (Lipinski definition) is 3. The summed E-state index contributed by atoms with van der Waals surface area (Å²) in [6, 6.07) is 3.29. The van der Waals surface area contributed by atoms with Crippen LogP contribution in [0.25, 0.3) is 0 Å². The van der Waals surface area contributed by atoms with Crippen molar-refractivity contribution in [1.82, 2.24) is 4.98 Å². The van der Waals surface area contributed by atoms with Gasteiger partial charge in [0.05, 0.1) is 6.61 Å². The maximum absolute atomic E-state index is 11.2. The smallest absolute Gasteiger partial charge is 0.254 e. The first kappa shape index (κ1) is 12.6. The molecule has 0 saturated heterocycles. The summed E-state index contributed by atoms with van der Waals surface area (Å²) in [5, 5.41) is 0. The van der Waals surface area contributed by atoms with Gasteiger partial charge in [0.25, 0.3) is 5.91 Å². The van der Waals surface area contributed by atoms with Crippen LogP contribution < -0.4 is 10.5 Å². The molecular weight excluding hydrogens is 228 g/mol. The average molecular weight is 246 g/mol. The van der Waals surface area contributed by atoms with E-state index in [0.717, 1.165) is 6.42 Å². The van der Waals surface area contributed by atoms with Crippen molar-refractivity contribution < 1.29 is 9.53 Å². The molecule has 1 aromatic rings. The third-order valence-corrected chi connectivity index (χ3v) is 3.66. The van der Waals surface area contributed by atoms with Gasteiger partial charge in [0.1, 0.15) is 5.56 Å². The van der Waals surface area contributed by atoms with Crippen LogP contribution in [0.2, 0.25) is 0 Å². The van der Waals surface area contributed by atoms with E-state index in [9.17, 15) is 4.79 Å². The van der Waals surface area contributed by atoms with Crippen molar-refractivity contribution >= 4 is 5.91 Å². The summed E-state index contributed by atoms with van der Waals surface area (Å²) in [5.74, 6) is -0.191. The van der Waals surface area contributed by atoms with Gasteiger partial charge >= 0.3 is 0 Å². The number of primary amides is 1. The molecule has 2 rings (SSSR count). The Morgan fingerprint density at radius 3 is 2.94 bits per heavy atom. The van der Waals surface area contributed by atoms with E-state index in [0.29, 0.717) is 18.1 Å². The monoisotopic (exact) mass is 246 g/mol. The summed E-state index contributed by atoms with van der Waals surface area (Å²) >= 11 is 0. The summed E-state index contributed by atoms with van der Waals surface area (Å²) in [6.07, 6.45) is 8.12. The number of nitrogens with zero attached hydrogens (tertiary/aromatic N) is 1. The van der Waals surface area contributed by atoms with Crippen molar-refractivity contribution in [2.45, 2.75) is 25.7 Å². The SMILES string of the molecule is C=CC1(CCOc2ncccc2C(N)=O)CCC1. The van der Waals surface area contributed by atoms with E-state index in [2.05, 4.69) is 11.6 Å². The van der Waals surface area contributed by atoms with Gasteiger partial charge < -0.3 is 10.5 Å². The Balaban J connectivity index is 1.94. The van der Waals surface area contributed by atoms with Gasteiger partial charge in [-0.05, 0) is 36.8 Å². The molecule has 1 heterocycles. The number of carbonyl (C=O) groups excluding carboxylic acids is 1. The minimum absolute atomic E-state index is 0.224. The lowest BCUT2D eigenvalue weighted by molar-refractivity contribution is 0.0992. The minimum atomic E-state index is -0.514. The average Bonchev–Trinajstić information content (AvgIpc) is 2.33. The molecule has 0 radical (unpaired) electrons. The molecule has 1 aliphatic carbocycles. The summed E-state index contributed by atoms with van der Waals surface area (Å²) in [6.45, 7) is 4.41. The lowest BCUT2D eigenvalue weighted by Gasteiger charge is -2.39. The Hall–Kier alpha value is -1.84. The maximum atomic E-state index is 11.2. The molecular formula is C14H18N2O2. The second kappa shape index (κ2) is 5.21. The van der Waals surface area contributed by atoms with Crippen LogP contribution in [0.4, 0.5) is 0 Å². The second-order valence-corrected chi connectivity index (χ2v) is 4.74. The van der Waals surface area contributed by atoms with Crippen molar-refractivity contribution in [3.05, 3.63) is 36.5 Å². The van der Waals surface area contributed by atoms with E-state index in [1.54, 1.807) is 18.3 Å². The molecule has 1 saturated carbocycles. The van der Waals surface area contributed by atoms with Crippen molar-refractivity contribution in [3.8, 4) is 5.88 Å². The Bertz CT molecular complexity index is 453. The molecule has 2 N–H and O–H groups in total. The zero-order chi connectivity index (χ0) is 13.0. The first-order chi connectivity index (χ1) is 8.67. The van der Waals surface area contributed by atoms with E-state index < -0.39 is 5.91 Å². The fourth-order valence-electron chi connectivity index (χ4n) is 2.23. The van der Waals surface area contributed by atoms with E-state index >= 15 is 0 Å². The van der Waals surface area contributed by atoms with Gasteiger partial charge in [-0.15, -0.1) is 6.58 Å². The molecule has 0 aliphatic heterocycles. The van der Waals surface area contributed by atoms with Gasteiger partial charge in [0.2, 0.25) is 5.88 Å². The standard InChI is InChI=1S/C14H18N2O2/c1-2-14(6-4-7-14)8-10-18-13-11(12(15)17)5-3-9-16-13/h2-3,5,9H,1,4,6-8,10H2,(H2,15,17). The largest absolute Gasteiger partial charge is 0.477 e. The van der Waals surface area contributed by atoms with Gasteiger partial charge in [0.15, 0.2) is 0 Å². The number of carbonyl (C=O) groups is 1. The Morgan fingerprint density at radius 2 is 2.39 bits per heavy atom. The Labute approximate surface area is 107 Å². The first-order valence-corrected chi connectivity index (χ1v) is 6.18. The summed E-state index contributed by atoms with van der Waals surface area (Å²) in [7, 11) is 0. The molecule has 1 aromatic heterocycles. The number of amides is 1. The number of nitrogens with two attached hydrogens (primary N) is 1. The highest BCUT2D eigenvalue weighted by molar-refractivity contribution is 5.94. The van der Waals surface area contributed by atoms with Crippen LogP contribution in [0.15, 0.2) is 31.0 Å². The molecule has 0 bridgehead atoms. The topological polar surface area (TPSA) is 65.2 Å². The van der Waals surface area contributed by atoms with E-state index in [1.165, 1.54) is 19.3 Å². The predicted octanol–water partition coefficient (Wildman–Crippen LogP) is 2.31. The Kier molecular flexibility index (Phi) is 3.65. The molecule has 0 aromatic carbocycles. The zero-order valence-corrected chi connectivity index (χ0v) is 10.4. The predicted molar refractivity (Wildman–Crippen MR) is 69.3 cm³/mol. The van der Waals surface area contributed by atoms with Gasteiger partial charge in [-0.2, -0.15) is 0 Å². The number of aromatic nitrogens is 1. The summed E-state index contributed by atoms with van der Waals surface area (Å²) < 4.78 is 5.57. The van der Waals surface area contributed by atoms with Crippen LogP contribution in [-0.4, -0.2) is 17.5 Å². The number of hydrogen-bond donors (Lipinski definition) is 1. The van der Waals surface area contributed by atoms with Crippen molar-refractivity contribution in [2.24, 2.45) is 11.1 Å². The van der Waals surface area contributed by atoms with E-state index in [4.69, 9.17) is 10.5 Å². The van der Waals surface area contributed by atoms with Crippen LogP contribution in [-0.2, 0) is 0 Å². The van der Waals surface area contributed by atoms with Crippen molar-refractivity contribution in [2.75, 3.05) is 6.61 Å². The fourth-order valence-corrected chi connectivity index (χ4v) is 2.23. The molecule has 18 heavy (non-hydrogen) atoms. The first-order valence-electron chi connectivity index (χ1n) is 6.18. The molecule has 4 nitrogen and oxygen atoms in total. The normalized spacial score (nSPS) is 16.7. The fraction of sp³-hybridized carbons (Fsp3) is 0.429. The number of rotatable bonds is 6. The minimum Gasteiger partial charge on any atom is -0.477 e. The van der Waals surface area contributed by atoms with E-state index in [1.807, 2.05) is 6.08 Å². The van der Waals surface area contributed by atoms with E-state index in [-0.39, 0.29) is 5.41 Å². The van der Waals surface area contributed by atoms with Gasteiger partial charge in [0, 0.05) is 6.20 Å². The second-order valence-electron chi connectivity index (χ2n) is 4.74. The van der Waals surface area contributed by atoms with Gasteiger partial charge in [-0.25, -0.2) is 4.98 Å². The highest BCUT2D eigenvalue weighted by Crippen LogP contribution is 2.44. The van der Waals surface area contributed by atoms with Crippen LogP contribution >= 0.6 is 0 Å². The number of pyridine rings is 1. The Morgan fingerprint density at radius 1 is 1.61 bits per heavy atom. The summed E-state index contributed by atoms with van der Waals surface area (Å²) in [5.41, 5.74) is 5.82. The molecule has 1 fully saturated rings. The number of allylic oxidation sites excluding steroid dienone is 1. The molecule has 96 valence electrons. The molecule has 0 spiro atoms. The molecule has 4 heteroatoms. The quantitative estimate of drug-likeness (QED) is 0.783. The highest BCUT2D eigenvalue weighted by atomic mass is 16.5. The summed E-state index contributed by atoms with van der Waals surface area (Å²) in [4.78, 5) is 15.2. The maximum Gasteiger partial charge on any atom is 0.254 e. The highest BCUT2D eigenvalue weighted by Gasteiger charge is 2.33. The van der Waals surface area contributed by atoms with Crippen LogP contribution in [0, 0.1) is 5.41 Å².